The van der Waals surface area contributed by atoms with E-state index >= 15 is 0 Å². The first-order valence-corrected chi connectivity index (χ1v) is 7.49. The number of likely N-dealkylation sites (N-methyl/N-ethyl adjacent to an activating group) is 1. The number of nitrogens with zero attached hydrogens (tertiary/aromatic N) is 2. The molecule has 1 amide bonds. The van der Waals surface area contributed by atoms with Gasteiger partial charge in [0.1, 0.15) is 0 Å². The number of piperazine rings is 1. The van der Waals surface area contributed by atoms with Crippen molar-refractivity contribution < 1.29 is 4.79 Å². The molecule has 2 atom stereocenters. The predicted octanol–water partition coefficient (Wildman–Crippen LogP) is 0.929. The van der Waals surface area contributed by atoms with Crippen molar-refractivity contribution in [3.63, 3.8) is 0 Å². The van der Waals surface area contributed by atoms with E-state index < -0.39 is 0 Å². The summed E-state index contributed by atoms with van der Waals surface area (Å²) in [6.45, 7) is 10.4. The highest BCUT2D eigenvalue weighted by Crippen LogP contribution is 2.20. The molecule has 4 nitrogen and oxygen atoms in total. The molecule has 0 aromatic heterocycles. The third kappa shape index (κ3) is 3.23. The number of carbonyl (C=O) groups excluding carboxylic acids is 1. The highest BCUT2D eigenvalue weighted by molar-refractivity contribution is 5.82. The molecule has 2 unspecified atom stereocenters. The third-order valence-electron chi connectivity index (χ3n) is 4.52. The number of rotatable bonds is 3. The molecule has 4 heteroatoms. The van der Waals surface area contributed by atoms with Crippen molar-refractivity contribution in [2.45, 2.75) is 39.2 Å². The minimum Gasteiger partial charge on any atom is -0.339 e. The molecular weight excluding hydrogens is 226 g/mol. The molecule has 0 bridgehead atoms. The van der Waals surface area contributed by atoms with Crippen molar-refractivity contribution in [1.29, 1.82) is 0 Å². The lowest BCUT2D eigenvalue weighted by Gasteiger charge is -2.38. The van der Waals surface area contributed by atoms with Crippen LogP contribution < -0.4 is 5.32 Å². The van der Waals surface area contributed by atoms with Crippen molar-refractivity contribution in [3.8, 4) is 0 Å². The molecule has 0 aliphatic carbocycles. The normalized spacial score (nSPS) is 30.4. The Morgan fingerprint density at radius 3 is 2.56 bits per heavy atom. The molecule has 18 heavy (non-hydrogen) atoms. The zero-order valence-electron chi connectivity index (χ0n) is 11.8. The third-order valence-corrected chi connectivity index (χ3v) is 4.52. The van der Waals surface area contributed by atoms with Gasteiger partial charge < -0.3 is 15.1 Å². The van der Waals surface area contributed by atoms with Crippen LogP contribution in [0.1, 0.15) is 33.1 Å². The first kappa shape index (κ1) is 13.8. The lowest BCUT2D eigenvalue weighted by atomic mass is 9.90. The largest absolute Gasteiger partial charge is 0.339 e. The lowest BCUT2D eigenvalue weighted by molar-refractivity contribution is -0.136. The Bertz CT molecular complexity index is 274. The van der Waals surface area contributed by atoms with E-state index in [4.69, 9.17) is 0 Å². The van der Waals surface area contributed by atoms with Gasteiger partial charge in [0.25, 0.3) is 0 Å². The van der Waals surface area contributed by atoms with Crippen molar-refractivity contribution in [2.75, 3.05) is 39.3 Å². The summed E-state index contributed by atoms with van der Waals surface area (Å²) in [5, 5.41) is 3.40. The first-order chi connectivity index (χ1) is 8.74. The summed E-state index contributed by atoms with van der Waals surface area (Å²) in [4.78, 5) is 16.9. The molecule has 0 spiro atoms. The molecule has 2 heterocycles. The monoisotopic (exact) mass is 253 g/mol. The lowest BCUT2D eigenvalue weighted by Crippen LogP contribution is -2.55. The van der Waals surface area contributed by atoms with Gasteiger partial charge in [-0.05, 0) is 31.8 Å². The summed E-state index contributed by atoms with van der Waals surface area (Å²) in [6, 6.07) is 0.0804. The topological polar surface area (TPSA) is 35.6 Å². The van der Waals surface area contributed by atoms with E-state index in [9.17, 15) is 4.79 Å². The maximum atomic E-state index is 12.5. The second-order valence-corrected chi connectivity index (χ2v) is 5.56. The Labute approximate surface area is 111 Å². The van der Waals surface area contributed by atoms with Gasteiger partial charge >= 0.3 is 0 Å². The van der Waals surface area contributed by atoms with Crippen LogP contribution in [0.5, 0.6) is 0 Å². The Morgan fingerprint density at radius 1 is 1.22 bits per heavy atom. The van der Waals surface area contributed by atoms with E-state index in [-0.39, 0.29) is 6.04 Å². The maximum absolute atomic E-state index is 12.5. The van der Waals surface area contributed by atoms with E-state index in [2.05, 4.69) is 29.0 Å². The molecule has 2 aliphatic heterocycles. The van der Waals surface area contributed by atoms with Crippen LogP contribution >= 0.6 is 0 Å². The minimum absolute atomic E-state index is 0.0804. The van der Waals surface area contributed by atoms with Gasteiger partial charge in [-0.2, -0.15) is 0 Å². The number of hydrogen-bond acceptors (Lipinski definition) is 3. The van der Waals surface area contributed by atoms with Gasteiger partial charge in [-0.3, -0.25) is 4.79 Å². The molecule has 104 valence electrons. The smallest absolute Gasteiger partial charge is 0.239 e. The summed E-state index contributed by atoms with van der Waals surface area (Å²) in [6.07, 6.45) is 3.46. The second kappa shape index (κ2) is 6.53. The molecule has 0 aromatic carbocycles. The molecular formula is C14H27N3O. The van der Waals surface area contributed by atoms with Crippen LogP contribution in [-0.2, 0) is 4.79 Å². The van der Waals surface area contributed by atoms with Gasteiger partial charge in [0.15, 0.2) is 0 Å². The Morgan fingerprint density at radius 2 is 1.94 bits per heavy atom. The molecule has 0 saturated carbocycles. The summed E-state index contributed by atoms with van der Waals surface area (Å²) < 4.78 is 0. The van der Waals surface area contributed by atoms with Gasteiger partial charge in [-0.15, -0.1) is 0 Å². The number of piperidine rings is 1. The van der Waals surface area contributed by atoms with E-state index in [0.29, 0.717) is 5.91 Å². The van der Waals surface area contributed by atoms with Gasteiger partial charge in [-0.25, -0.2) is 0 Å². The average molecular weight is 253 g/mol. The van der Waals surface area contributed by atoms with Crippen LogP contribution in [0, 0.1) is 5.92 Å². The van der Waals surface area contributed by atoms with Crippen LogP contribution in [0.2, 0.25) is 0 Å². The quantitative estimate of drug-likeness (QED) is 0.813. The van der Waals surface area contributed by atoms with E-state index in [1.807, 2.05) is 0 Å². The van der Waals surface area contributed by atoms with Crippen LogP contribution in [0.4, 0.5) is 0 Å². The van der Waals surface area contributed by atoms with E-state index in [0.717, 1.165) is 51.6 Å². The van der Waals surface area contributed by atoms with Crippen LogP contribution in [0.25, 0.3) is 0 Å². The molecule has 0 radical (unpaired) electrons. The zero-order valence-corrected chi connectivity index (χ0v) is 11.8. The fourth-order valence-corrected chi connectivity index (χ4v) is 3.06. The van der Waals surface area contributed by atoms with Crippen LogP contribution in [-0.4, -0.2) is 61.0 Å². The summed E-state index contributed by atoms with van der Waals surface area (Å²) in [7, 11) is 0. The Kier molecular flexibility index (Phi) is 5.01. The fraction of sp³-hybridized carbons (Fsp3) is 0.929. The molecule has 2 saturated heterocycles. The standard InChI is InChI=1S/C14H27N3O/c1-3-12-5-6-15-13(11-12)14(18)17-9-7-16(4-2)8-10-17/h12-13,15H,3-11H2,1-2H3. The highest BCUT2D eigenvalue weighted by Gasteiger charge is 2.30. The second-order valence-electron chi connectivity index (χ2n) is 5.56. The van der Waals surface area contributed by atoms with Crippen LogP contribution in [0.3, 0.4) is 0 Å². The van der Waals surface area contributed by atoms with E-state index in [1.54, 1.807) is 0 Å². The Hall–Kier alpha value is -0.610. The van der Waals surface area contributed by atoms with Crippen LogP contribution in [0.15, 0.2) is 0 Å². The van der Waals surface area contributed by atoms with Crippen molar-refractivity contribution in [2.24, 2.45) is 5.92 Å². The Balaban J connectivity index is 1.83. The number of hydrogen-bond donors (Lipinski definition) is 1. The SMILES string of the molecule is CCC1CCNC(C(=O)N2CCN(CC)CC2)C1. The van der Waals surface area contributed by atoms with Crippen molar-refractivity contribution in [1.82, 2.24) is 15.1 Å². The number of nitrogens with one attached hydrogen (secondary N) is 1. The minimum atomic E-state index is 0.0804. The molecule has 2 rings (SSSR count). The van der Waals surface area contributed by atoms with Gasteiger partial charge in [-0.1, -0.05) is 20.3 Å². The average Bonchev–Trinajstić information content (AvgIpc) is 2.46. The summed E-state index contributed by atoms with van der Waals surface area (Å²) in [5.41, 5.74) is 0. The summed E-state index contributed by atoms with van der Waals surface area (Å²) in [5.74, 6) is 1.07. The molecule has 1 N–H and O–H groups in total. The number of carbonyl (C=O) groups is 1. The van der Waals surface area contributed by atoms with Gasteiger partial charge in [0.05, 0.1) is 6.04 Å². The van der Waals surface area contributed by atoms with E-state index in [1.165, 1.54) is 12.8 Å². The maximum Gasteiger partial charge on any atom is 0.239 e. The summed E-state index contributed by atoms with van der Waals surface area (Å²) >= 11 is 0. The van der Waals surface area contributed by atoms with Gasteiger partial charge in [0.2, 0.25) is 5.91 Å². The zero-order chi connectivity index (χ0) is 13.0. The van der Waals surface area contributed by atoms with Gasteiger partial charge in [0, 0.05) is 26.2 Å². The predicted molar refractivity (Wildman–Crippen MR) is 73.5 cm³/mol. The first-order valence-electron chi connectivity index (χ1n) is 7.49. The fourth-order valence-electron chi connectivity index (χ4n) is 3.06. The molecule has 2 aliphatic rings. The van der Waals surface area contributed by atoms with Crippen molar-refractivity contribution >= 4 is 5.91 Å². The molecule has 2 fully saturated rings. The molecule has 0 aromatic rings. The van der Waals surface area contributed by atoms with Crippen molar-refractivity contribution in [3.05, 3.63) is 0 Å². The number of amides is 1. The highest BCUT2D eigenvalue weighted by atomic mass is 16.2.